The summed E-state index contributed by atoms with van der Waals surface area (Å²) in [4.78, 5) is 10.5. The Balaban J connectivity index is 2.41. The van der Waals surface area contributed by atoms with Gasteiger partial charge in [-0.3, -0.25) is 10.1 Å². The number of rotatable bonds is 9. The van der Waals surface area contributed by atoms with E-state index in [0.29, 0.717) is 6.54 Å². The zero-order chi connectivity index (χ0) is 15.8. The van der Waals surface area contributed by atoms with Crippen molar-refractivity contribution in [3.8, 4) is 0 Å². The molecule has 4 nitrogen and oxygen atoms in total. The third-order valence-corrected chi connectivity index (χ3v) is 4.09. The number of anilines is 1. The summed E-state index contributed by atoms with van der Waals surface area (Å²) in [7, 11) is 0. The Morgan fingerprint density at radius 1 is 1.29 bits per heavy atom. The van der Waals surface area contributed by atoms with Crippen molar-refractivity contribution < 1.29 is 9.31 Å². The van der Waals surface area contributed by atoms with Gasteiger partial charge in [-0.1, -0.05) is 39.5 Å². The SMILES string of the molecule is CC(C)CCCCCCNc1cc(F)c(I)cc1[N+](=O)[O-]. The second-order valence-electron chi connectivity index (χ2n) is 5.56. The Kier molecular flexibility index (Phi) is 7.92. The molecule has 0 atom stereocenters. The van der Waals surface area contributed by atoms with Gasteiger partial charge in [0, 0.05) is 18.7 Å². The molecule has 0 saturated carbocycles. The second-order valence-corrected chi connectivity index (χ2v) is 6.73. The van der Waals surface area contributed by atoms with Crippen LogP contribution < -0.4 is 5.32 Å². The molecule has 0 radical (unpaired) electrons. The molecular formula is C15H22FIN2O2. The predicted molar refractivity (Wildman–Crippen MR) is 92.2 cm³/mol. The Bertz CT molecular complexity index is 481. The summed E-state index contributed by atoms with van der Waals surface area (Å²) in [6.07, 6.45) is 5.64. The highest BCUT2D eigenvalue weighted by Crippen LogP contribution is 2.28. The molecule has 0 aromatic heterocycles. The smallest absolute Gasteiger partial charge is 0.293 e. The molecule has 1 rings (SSSR count). The van der Waals surface area contributed by atoms with Crippen LogP contribution in [0.4, 0.5) is 15.8 Å². The summed E-state index contributed by atoms with van der Waals surface area (Å²) in [5, 5.41) is 13.9. The lowest BCUT2D eigenvalue weighted by Crippen LogP contribution is -2.05. The van der Waals surface area contributed by atoms with Crippen LogP contribution in [0.1, 0.15) is 46.0 Å². The fraction of sp³-hybridized carbons (Fsp3) is 0.600. The minimum absolute atomic E-state index is 0.0689. The minimum atomic E-state index is -0.480. The van der Waals surface area contributed by atoms with Gasteiger partial charge in [0.15, 0.2) is 0 Å². The maximum atomic E-state index is 13.5. The van der Waals surface area contributed by atoms with E-state index in [1.54, 1.807) is 22.6 Å². The number of nitro benzene ring substituents is 1. The van der Waals surface area contributed by atoms with Crippen LogP contribution in [0, 0.1) is 25.4 Å². The van der Waals surface area contributed by atoms with E-state index in [-0.39, 0.29) is 14.9 Å². The molecule has 0 aliphatic heterocycles. The van der Waals surface area contributed by atoms with E-state index >= 15 is 0 Å². The van der Waals surface area contributed by atoms with E-state index < -0.39 is 10.7 Å². The molecule has 1 aromatic carbocycles. The molecule has 0 aliphatic carbocycles. The fourth-order valence-corrected chi connectivity index (χ4v) is 2.53. The second kappa shape index (κ2) is 9.17. The molecule has 6 heteroatoms. The highest BCUT2D eigenvalue weighted by Gasteiger charge is 2.16. The van der Waals surface area contributed by atoms with E-state index in [9.17, 15) is 14.5 Å². The molecule has 0 aliphatic rings. The average molecular weight is 408 g/mol. The largest absolute Gasteiger partial charge is 0.379 e. The monoisotopic (exact) mass is 408 g/mol. The lowest BCUT2D eigenvalue weighted by molar-refractivity contribution is -0.384. The summed E-state index contributed by atoms with van der Waals surface area (Å²) in [5.74, 6) is 0.307. The minimum Gasteiger partial charge on any atom is -0.379 e. The first kappa shape index (κ1) is 18.1. The molecule has 0 saturated heterocycles. The van der Waals surface area contributed by atoms with Gasteiger partial charge in [-0.05, 0) is 34.9 Å². The molecule has 1 aromatic rings. The van der Waals surface area contributed by atoms with E-state index in [1.807, 2.05) is 0 Å². The maximum absolute atomic E-state index is 13.5. The van der Waals surface area contributed by atoms with E-state index in [2.05, 4.69) is 19.2 Å². The first-order valence-electron chi connectivity index (χ1n) is 7.29. The summed E-state index contributed by atoms with van der Waals surface area (Å²) in [6.45, 7) is 5.06. The maximum Gasteiger partial charge on any atom is 0.293 e. The van der Waals surface area contributed by atoms with Crippen molar-refractivity contribution in [1.82, 2.24) is 0 Å². The van der Waals surface area contributed by atoms with Gasteiger partial charge < -0.3 is 5.32 Å². The number of hydrogen-bond acceptors (Lipinski definition) is 3. The number of nitro groups is 1. The quantitative estimate of drug-likeness (QED) is 0.259. The first-order valence-corrected chi connectivity index (χ1v) is 8.37. The standard InChI is InChI=1S/C15H22FIN2O2/c1-11(2)7-5-3-4-6-8-18-14-9-12(16)13(17)10-15(14)19(20)21/h9-11,18H,3-8H2,1-2H3. The summed E-state index contributed by atoms with van der Waals surface area (Å²) in [6, 6.07) is 2.47. The molecule has 118 valence electrons. The molecule has 1 N–H and O–H groups in total. The van der Waals surface area contributed by atoms with Gasteiger partial charge in [0.1, 0.15) is 11.5 Å². The zero-order valence-electron chi connectivity index (χ0n) is 12.5. The van der Waals surface area contributed by atoms with Crippen LogP contribution >= 0.6 is 22.6 Å². The predicted octanol–water partition coefficient (Wildman–Crippen LogP) is 5.36. The van der Waals surface area contributed by atoms with Crippen LogP contribution in [0.15, 0.2) is 12.1 Å². The van der Waals surface area contributed by atoms with E-state index in [0.717, 1.165) is 18.8 Å². The Labute approximate surface area is 138 Å². The van der Waals surface area contributed by atoms with Gasteiger partial charge in [0.25, 0.3) is 5.69 Å². The molecule has 0 spiro atoms. The van der Waals surface area contributed by atoms with Crippen LogP contribution in [-0.2, 0) is 0 Å². The summed E-state index contributed by atoms with van der Waals surface area (Å²) >= 11 is 1.76. The number of benzene rings is 1. The Hall–Kier alpha value is -0.920. The molecule has 0 unspecified atom stereocenters. The fourth-order valence-electron chi connectivity index (χ4n) is 2.08. The van der Waals surface area contributed by atoms with Gasteiger partial charge in [-0.25, -0.2) is 4.39 Å². The van der Waals surface area contributed by atoms with Crippen LogP contribution in [0.2, 0.25) is 0 Å². The van der Waals surface area contributed by atoms with Gasteiger partial charge in [-0.15, -0.1) is 0 Å². The van der Waals surface area contributed by atoms with Crippen LogP contribution in [-0.4, -0.2) is 11.5 Å². The van der Waals surface area contributed by atoms with E-state index in [1.165, 1.54) is 31.4 Å². The molecular weight excluding hydrogens is 386 g/mol. The Morgan fingerprint density at radius 3 is 2.57 bits per heavy atom. The number of nitrogens with zero attached hydrogens (tertiary/aromatic N) is 1. The van der Waals surface area contributed by atoms with Gasteiger partial charge >= 0.3 is 0 Å². The van der Waals surface area contributed by atoms with Crippen molar-refractivity contribution in [1.29, 1.82) is 0 Å². The molecule has 0 fully saturated rings. The van der Waals surface area contributed by atoms with Crippen LogP contribution in [0.3, 0.4) is 0 Å². The van der Waals surface area contributed by atoms with Crippen molar-refractivity contribution in [2.45, 2.75) is 46.0 Å². The van der Waals surface area contributed by atoms with Gasteiger partial charge in [0.2, 0.25) is 0 Å². The molecule has 0 bridgehead atoms. The molecule has 21 heavy (non-hydrogen) atoms. The highest BCUT2D eigenvalue weighted by molar-refractivity contribution is 14.1. The lowest BCUT2D eigenvalue weighted by atomic mass is 10.0. The highest BCUT2D eigenvalue weighted by atomic mass is 127. The zero-order valence-corrected chi connectivity index (χ0v) is 14.7. The number of nitrogens with one attached hydrogen (secondary N) is 1. The van der Waals surface area contributed by atoms with Crippen molar-refractivity contribution in [2.75, 3.05) is 11.9 Å². The van der Waals surface area contributed by atoms with Crippen LogP contribution in [0.25, 0.3) is 0 Å². The number of hydrogen-bond donors (Lipinski definition) is 1. The van der Waals surface area contributed by atoms with Crippen molar-refractivity contribution in [2.24, 2.45) is 5.92 Å². The van der Waals surface area contributed by atoms with Crippen molar-refractivity contribution in [3.63, 3.8) is 0 Å². The molecule has 0 heterocycles. The molecule has 0 amide bonds. The average Bonchev–Trinajstić information content (AvgIpc) is 2.40. The number of unbranched alkanes of at least 4 members (excludes halogenated alkanes) is 3. The third-order valence-electron chi connectivity index (χ3n) is 3.26. The Morgan fingerprint density at radius 2 is 1.95 bits per heavy atom. The normalized spacial score (nSPS) is 10.9. The van der Waals surface area contributed by atoms with Crippen molar-refractivity contribution >= 4 is 34.0 Å². The number of halogens is 2. The third kappa shape index (κ3) is 6.58. The lowest BCUT2D eigenvalue weighted by Gasteiger charge is -2.08. The summed E-state index contributed by atoms with van der Waals surface area (Å²) in [5.41, 5.74) is 0.195. The summed E-state index contributed by atoms with van der Waals surface area (Å²) < 4.78 is 13.8. The van der Waals surface area contributed by atoms with Gasteiger partial charge in [0.05, 0.1) is 8.49 Å². The topological polar surface area (TPSA) is 55.2 Å². The first-order chi connectivity index (χ1) is 9.91. The van der Waals surface area contributed by atoms with Gasteiger partial charge in [-0.2, -0.15) is 0 Å². The van der Waals surface area contributed by atoms with E-state index in [4.69, 9.17) is 0 Å². The van der Waals surface area contributed by atoms with Crippen molar-refractivity contribution in [3.05, 3.63) is 31.6 Å². The van der Waals surface area contributed by atoms with Crippen LogP contribution in [0.5, 0.6) is 0 Å².